The molecular weight excluding hydrogens is 528 g/mol. The predicted octanol–water partition coefficient (Wildman–Crippen LogP) is 4.34. The number of nitrogens with zero attached hydrogens (tertiary/aromatic N) is 2. The van der Waals surface area contributed by atoms with Gasteiger partial charge in [0, 0.05) is 45.2 Å². The second-order valence-corrected chi connectivity index (χ2v) is 11.6. The van der Waals surface area contributed by atoms with Gasteiger partial charge in [-0.15, -0.1) is 0 Å². The van der Waals surface area contributed by atoms with Crippen LogP contribution in [0.25, 0.3) is 0 Å². The standard InChI is InChI=1S/C25H30Cl2FN3O4S/c26-20-4-3-5-21(27)25(20)36(33,34)29-13-8-24(32)31-14-9-18(10-15-31)30-16-11-19(12-17-30)35-23-7-2-1-6-22(23)28/h1-7,18-19,29H,8-17H2. The zero-order valence-electron chi connectivity index (χ0n) is 19.8. The maximum absolute atomic E-state index is 13.8. The normalized spacial score (nSPS) is 18.4. The predicted molar refractivity (Wildman–Crippen MR) is 137 cm³/mol. The molecule has 2 heterocycles. The minimum atomic E-state index is -3.92. The Bertz CT molecular complexity index is 1150. The smallest absolute Gasteiger partial charge is 0.243 e. The van der Waals surface area contributed by atoms with Gasteiger partial charge in [-0.05, 0) is 49.9 Å². The van der Waals surface area contributed by atoms with Crippen molar-refractivity contribution >= 4 is 39.1 Å². The van der Waals surface area contributed by atoms with E-state index in [4.69, 9.17) is 27.9 Å². The van der Waals surface area contributed by atoms with E-state index in [-0.39, 0.29) is 45.7 Å². The van der Waals surface area contributed by atoms with Crippen LogP contribution in [-0.2, 0) is 14.8 Å². The summed E-state index contributed by atoms with van der Waals surface area (Å²) in [5.74, 6) is -0.115. The molecule has 0 unspecified atom stereocenters. The first-order chi connectivity index (χ1) is 17.2. The number of benzene rings is 2. The molecule has 0 atom stereocenters. The first kappa shape index (κ1) is 27.1. The maximum atomic E-state index is 13.8. The van der Waals surface area contributed by atoms with Crippen molar-refractivity contribution in [3.63, 3.8) is 0 Å². The number of likely N-dealkylation sites (tertiary alicyclic amines) is 2. The van der Waals surface area contributed by atoms with Crippen LogP contribution >= 0.6 is 23.2 Å². The summed E-state index contributed by atoms with van der Waals surface area (Å²) in [4.78, 5) is 16.7. The molecule has 7 nitrogen and oxygen atoms in total. The van der Waals surface area contributed by atoms with Crippen molar-refractivity contribution < 1.29 is 22.3 Å². The van der Waals surface area contributed by atoms with Gasteiger partial charge in [0.2, 0.25) is 15.9 Å². The summed E-state index contributed by atoms with van der Waals surface area (Å²) >= 11 is 12.0. The highest BCUT2D eigenvalue weighted by atomic mass is 35.5. The zero-order chi connectivity index (χ0) is 25.7. The number of amides is 1. The van der Waals surface area contributed by atoms with Gasteiger partial charge in [0.05, 0.1) is 10.0 Å². The molecule has 0 saturated carbocycles. The number of ether oxygens (including phenoxy) is 1. The van der Waals surface area contributed by atoms with Crippen LogP contribution in [0.4, 0.5) is 4.39 Å². The fraction of sp³-hybridized carbons (Fsp3) is 0.480. The van der Waals surface area contributed by atoms with Crippen molar-refractivity contribution in [3.05, 3.63) is 58.3 Å². The topological polar surface area (TPSA) is 79.0 Å². The van der Waals surface area contributed by atoms with Gasteiger partial charge in [0.25, 0.3) is 0 Å². The van der Waals surface area contributed by atoms with E-state index in [1.54, 1.807) is 29.2 Å². The lowest BCUT2D eigenvalue weighted by Gasteiger charge is -2.41. The molecule has 1 N–H and O–H groups in total. The molecule has 11 heteroatoms. The number of hydrogen-bond acceptors (Lipinski definition) is 5. The zero-order valence-corrected chi connectivity index (χ0v) is 22.2. The Hall–Kier alpha value is -1.91. The molecule has 2 saturated heterocycles. The van der Waals surface area contributed by atoms with Crippen LogP contribution in [0, 0.1) is 5.82 Å². The van der Waals surface area contributed by atoms with E-state index in [0.29, 0.717) is 24.9 Å². The molecule has 1 amide bonds. The number of hydrogen-bond donors (Lipinski definition) is 1. The lowest BCUT2D eigenvalue weighted by atomic mass is 9.98. The molecular formula is C25H30Cl2FN3O4S. The third kappa shape index (κ3) is 6.69. The van der Waals surface area contributed by atoms with E-state index in [2.05, 4.69) is 9.62 Å². The Balaban J connectivity index is 1.18. The summed E-state index contributed by atoms with van der Waals surface area (Å²) in [5, 5.41) is 0.0671. The van der Waals surface area contributed by atoms with Gasteiger partial charge >= 0.3 is 0 Å². The van der Waals surface area contributed by atoms with Crippen molar-refractivity contribution in [3.8, 4) is 5.75 Å². The molecule has 0 bridgehead atoms. The van der Waals surface area contributed by atoms with Crippen LogP contribution in [-0.4, -0.2) is 69.0 Å². The second kappa shape index (κ2) is 12.1. The Morgan fingerprint density at radius 3 is 2.25 bits per heavy atom. The minimum absolute atomic E-state index is 0.00393. The van der Waals surface area contributed by atoms with E-state index in [1.807, 2.05) is 0 Å². The number of carbonyl (C=O) groups is 1. The van der Waals surface area contributed by atoms with E-state index in [9.17, 15) is 17.6 Å². The highest BCUT2D eigenvalue weighted by Gasteiger charge is 2.30. The number of halogens is 3. The number of piperidine rings is 2. The number of carbonyl (C=O) groups excluding carboxylic acids is 1. The van der Waals surface area contributed by atoms with Gasteiger partial charge in [0.1, 0.15) is 11.0 Å². The molecule has 2 aromatic rings. The minimum Gasteiger partial charge on any atom is -0.487 e. The largest absolute Gasteiger partial charge is 0.487 e. The molecule has 2 aromatic carbocycles. The van der Waals surface area contributed by atoms with Gasteiger partial charge < -0.3 is 9.64 Å². The number of nitrogens with one attached hydrogen (secondary N) is 1. The maximum Gasteiger partial charge on any atom is 0.243 e. The monoisotopic (exact) mass is 557 g/mol. The van der Waals surface area contributed by atoms with Crippen molar-refractivity contribution in [2.24, 2.45) is 0 Å². The number of para-hydroxylation sites is 1. The van der Waals surface area contributed by atoms with Gasteiger partial charge in [-0.1, -0.05) is 41.4 Å². The van der Waals surface area contributed by atoms with Gasteiger partial charge in [-0.2, -0.15) is 0 Å². The number of sulfonamides is 1. The molecule has 36 heavy (non-hydrogen) atoms. The van der Waals surface area contributed by atoms with E-state index in [1.165, 1.54) is 18.2 Å². The van der Waals surface area contributed by atoms with E-state index in [0.717, 1.165) is 38.8 Å². The molecule has 2 fully saturated rings. The lowest BCUT2D eigenvalue weighted by Crippen LogP contribution is -2.50. The summed E-state index contributed by atoms with van der Waals surface area (Å²) in [6, 6.07) is 11.4. The first-order valence-electron chi connectivity index (χ1n) is 12.1. The summed E-state index contributed by atoms with van der Waals surface area (Å²) in [6.45, 7) is 3.00. The summed E-state index contributed by atoms with van der Waals surface area (Å²) in [6.07, 6.45) is 3.47. The molecule has 196 valence electrons. The van der Waals surface area contributed by atoms with Gasteiger partial charge in [-0.3, -0.25) is 9.69 Å². The van der Waals surface area contributed by atoms with Crippen molar-refractivity contribution in [1.29, 1.82) is 0 Å². The van der Waals surface area contributed by atoms with Gasteiger partial charge in [-0.25, -0.2) is 17.5 Å². The van der Waals surface area contributed by atoms with Crippen molar-refractivity contribution in [1.82, 2.24) is 14.5 Å². The van der Waals surface area contributed by atoms with Crippen LogP contribution in [0.15, 0.2) is 47.4 Å². The molecule has 2 aliphatic rings. The Morgan fingerprint density at radius 1 is 0.972 bits per heavy atom. The van der Waals surface area contributed by atoms with E-state index >= 15 is 0 Å². The summed E-state index contributed by atoms with van der Waals surface area (Å²) in [5.41, 5.74) is 0. The molecule has 0 spiro atoms. The summed E-state index contributed by atoms with van der Waals surface area (Å²) < 4.78 is 47.2. The average molecular weight is 559 g/mol. The number of rotatable bonds is 8. The lowest BCUT2D eigenvalue weighted by molar-refractivity contribution is -0.132. The van der Waals surface area contributed by atoms with Crippen LogP contribution < -0.4 is 9.46 Å². The fourth-order valence-electron chi connectivity index (χ4n) is 4.82. The molecule has 2 aliphatic heterocycles. The van der Waals surface area contributed by atoms with Crippen molar-refractivity contribution in [2.75, 3.05) is 32.7 Å². The highest BCUT2D eigenvalue weighted by Crippen LogP contribution is 2.29. The molecule has 0 radical (unpaired) electrons. The van der Waals surface area contributed by atoms with E-state index < -0.39 is 10.0 Å². The van der Waals surface area contributed by atoms with Crippen LogP contribution in [0.2, 0.25) is 10.0 Å². The highest BCUT2D eigenvalue weighted by molar-refractivity contribution is 7.89. The Morgan fingerprint density at radius 2 is 1.61 bits per heavy atom. The van der Waals surface area contributed by atoms with Gasteiger partial charge in [0.15, 0.2) is 11.6 Å². The molecule has 0 aliphatic carbocycles. The Kier molecular flexibility index (Phi) is 9.11. The molecule has 0 aromatic heterocycles. The quantitative estimate of drug-likeness (QED) is 0.522. The third-order valence-electron chi connectivity index (χ3n) is 6.76. The summed E-state index contributed by atoms with van der Waals surface area (Å²) in [7, 11) is -3.92. The van der Waals surface area contributed by atoms with Crippen LogP contribution in [0.3, 0.4) is 0 Å². The second-order valence-electron chi connectivity index (χ2n) is 9.09. The third-order valence-corrected chi connectivity index (χ3v) is 9.17. The first-order valence-corrected chi connectivity index (χ1v) is 14.3. The van der Waals surface area contributed by atoms with Crippen LogP contribution in [0.5, 0.6) is 5.75 Å². The fourth-order valence-corrected chi connectivity index (χ4v) is 6.99. The SMILES string of the molecule is O=C(CCNS(=O)(=O)c1c(Cl)cccc1Cl)N1CCC(N2CCC(Oc3ccccc3F)CC2)CC1. The van der Waals surface area contributed by atoms with Crippen LogP contribution in [0.1, 0.15) is 32.1 Å². The average Bonchev–Trinajstić information content (AvgIpc) is 2.85. The van der Waals surface area contributed by atoms with Crippen molar-refractivity contribution in [2.45, 2.75) is 49.1 Å². The Labute approximate surface area is 221 Å². The molecule has 4 rings (SSSR count).